The van der Waals surface area contributed by atoms with E-state index >= 15 is 0 Å². The van der Waals surface area contributed by atoms with E-state index in [4.69, 9.17) is 21.4 Å². The number of aliphatic hydroxyl groups is 1. The lowest BCUT2D eigenvalue weighted by Gasteiger charge is -2.10. The first-order valence-corrected chi connectivity index (χ1v) is 5.69. The Morgan fingerprint density at radius 2 is 2.25 bits per heavy atom. The van der Waals surface area contributed by atoms with Crippen molar-refractivity contribution in [3.63, 3.8) is 0 Å². The van der Waals surface area contributed by atoms with Gasteiger partial charge in [-0.25, -0.2) is 0 Å². The van der Waals surface area contributed by atoms with Crippen molar-refractivity contribution in [2.75, 3.05) is 20.3 Å². The fourth-order valence-corrected chi connectivity index (χ4v) is 1.63. The predicted molar refractivity (Wildman–Crippen MR) is 66.0 cm³/mol. The predicted octanol–water partition coefficient (Wildman–Crippen LogP) is 2.07. The third-order valence-electron chi connectivity index (χ3n) is 2.35. The van der Waals surface area contributed by atoms with E-state index in [0.717, 1.165) is 18.7 Å². The molecule has 2 N–H and O–H groups in total. The standard InChI is InChI=1S/C12H18ClNO2/c1-9(8-15)6-14-7-10-3-4-12(16-2)11(13)5-10/h3-5,9,14-15H,6-8H2,1-2H3. The van der Waals surface area contributed by atoms with Gasteiger partial charge in [-0.1, -0.05) is 24.6 Å². The number of hydrogen-bond donors (Lipinski definition) is 2. The molecule has 3 nitrogen and oxygen atoms in total. The minimum Gasteiger partial charge on any atom is -0.495 e. The first-order valence-electron chi connectivity index (χ1n) is 5.31. The van der Waals surface area contributed by atoms with Gasteiger partial charge in [0.15, 0.2) is 0 Å². The molecular weight excluding hydrogens is 226 g/mol. The third-order valence-corrected chi connectivity index (χ3v) is 2.65. The highest BCUT2D eigenvalue weighted by molar-refractivity contribution is 6.32. The molecule has 1 rings (SSSR count). The second kappa shape index (κ2) is 6.74. The number of rotatable bonds is 6. The highest BCUT2D eigenvalue weighted by Crippen LogP contribution is 2.24. The molecule has 4 heteroatoms. The van der Waals surface area contributed by atoms with Crippen LogP contribution in [0.1, 0.15) is 12.5 Å². The third kappa shape index (κ3) is 4.00. The average Bonchev–Trinajstić information content (AvgIpc) is 2.29. The Kier molecular flexibility index (Phi) is 5.60. The topological polar surface area (TPSA) is 41.5 Å². The molecule has 0 aliphatic heterocycles. The molecule has 0 bridgehead atoms. The van der Waals surface area contributed by atoms with Gasteiger partial charge in [0.1, 0.15) is 5.75 Å². The smallest absolute Gasteiger partial charge is 0.137 e. The van der Waals surface area contributed by atoms with Crippen LogP contribution in [0, 0.1) is 5.92 Å². The van der Waals surface area contributed by atoms with Crippen LogP contribution in [-0.2, 0) is 6.54 Å². The fourth-order valence-electron chi connectivity index (χ4n) is 1.35. The van der Waals surface area contributed by atoms with Crippen molar-refractivity contribution in [2.45, 2.75) is 13.5 Å². The molecule has 0 spiro atoms. The normalized spacial score (nSPS) is 12.5. The Hall–Kier alpha value is -0.770. The van der Waals surface area contributed by atoms with Gasteiger partial charge in [0.2, 0.25) is 0 Å². The summed E-state index contributed by atoms with van der Waals surface area (Å²) in [5.41, 5.74) is 1.11. The molecule has 0 fully saturated rings. The molecule has 0 aliphatic carbocycles. The van der Waals surface area contributed by atoms with Crippen LogP contribution >= 0.6 is 11.6 Å². The van der Waals surface area contributed by atoms with Crippen LogP contribution in [0.25, 0.3) is 0 Å². The first kappa shape index (κ1) is 13.3. The molecule has 1 aromatic rings. The van der Waals surface area contributed by atoms with Crippen LogP contribution in [0.15, 0.2) is 18.2 Å². The number of hydrogen-bond acceptors (Lipinski definition) is 3. The summed E-state index contributed by atoms with van der Waals surface area (Å²) >= 11 is 6.01. The molecular formula is C12H18ClNO2. The molecule has 0 aliphatic rings. The van der Waals surface area contributed by atoms with Gasteiger partial charge in [-0.2, -0.15) is 0 Å². The summed E-state index contributed by atoms with van der Waals surface area (Å²) in [6.45, 7) is 3.73. The van der Waals surface area contributed by atoms with E-state index in [2.05, 4.69) is 5.32 Å². The van der Waals surface area contributed by atoms with Gasteiger partial charge in [-0.3, -0.25) is 0 Å². The maximum Gasteiger partial charge on any atom is 0.137 e. The van der Waals surface area contributed by atoms with Gasteiger partial charge in [0.05, 0.1) is 12.1 Å². The fraction of sp³-hybridized carbons (Fsp3) is 0.500. The number of nitrogens with one attached hydrogen (secondary N) is 1. The van der Waals surface area contributed by atoms with Crippen molar-refractivity contribution in [3.05, 3.63) is 28.8 Å². The molecule has 0 aromatic heterocycles. The summed E-state index contributed by atoms with van der Waals surface area (Å²) in [7, 11) is 1.60. The van der Waals surface area contributed by atoms with Crippen molar-refractivity contribution in [1.82, 2.24) is 5.32 Å². The van der Waals surface area contributed by atoms with Crippen molar-refractivity contribution in [1.29, 1.82) is 0 Å². The van der Waals surface area contributed by atoms with Crippen LogP contribution in [-0.4, -0.2) is 25.4 Å². The lowest BCUT2D eigenvalue weighted by atomic mass is 10.2. The molecule has 1 unspecified atom stereocenters. The van der Waals surface area contributed by atoms with E-state index in [1.54, 1.807) is 7.11 Å². The van der Waals surface area contributed by atoms with E-state index < -0.39 is 0 Å². The Morgan fingerprint density at radius 3 is 2.81 bits per heavy atom. The Bertz CT molecular complexity index is 331. The van der Waals surface area contributed by atoms with Gasteiger partial charge in [-0.15, -0.1) is 0 Å². The highest BCUT2D eigenvalue weighted by atomic mass is 35.5. The number of halogens is 1. The van der Waals surface area contributed by atoms with E-state index in [1.165, 1.54) is 0 Å². The van der Waals surface area contributed by atoms with E-state index in [9.17, 15) is 0 Å². The minimum atomic E-state index is 0.205. The molecule has 16 heavy (non-hydrogen) atoms. The van der Waals surface area contributed by atoms with E-state index in [-0.39, 0.29) is 12.5 Å². The summed E-state index contributed by atoms with van der Waals surface area (Å²) < 4.78 is 5.07. The summed E-state index contributed by atoms with van der Waals surface area (Å²) in [6, 6.07) is 5.72. The Labute approximate surface area is 101 Å². The van der Waals surface area contributed by atoms with Crippen LogP contribution < -0.4 is 10.1 Å². The van der Waals surface area contributed by atoms with Crippen molar-refractivity contribution in [2.24, 2.45) is 5.92 Å². The zero-order valence-corrected chi connectivity index (χ0v) is 10.4. The minimum absolute atomic E-state index is 0.205. The molecule has 1 aromatic carbocycles. The summed E-state index contributed by atoms with van der Waals surface area (Å²) in [5.74, 6) is 0.961. The molecule has 0 radical (unpaired) electrons. The number of benzene rings is 1. The summed E-state index contributed by atoms with van der Waals surface area (Å²) in [6.07, 6.45) is 0. The average molecular weight is 244 g/mol. The quantitative estimate of drug-likeness (QED) is 0.804. The molecule has 0 amide bonds. The van der Waals surface area contributed by atoms with Crippen LogP contribution in [0.4, 0.5) is 0 Å². The van der Waals surface area contributed by atoms with Crippen molar-refractivity contribution < 1.29 is 9.84 Å². The second-order valence-corrected chi connectivity index (χ2v) is 4.29. The zero-order valence-electron chi connectivity index (χ0n) is 9.66. The maximum absolute atomic E-state index is 8.87. The van der Waals surface area contributed by atoms with Crippen molar-refractivity contribution >= 4 is 11.6 Å². The molecule has 0 saturated carbocycles. The van der Waals surface area contributed by atoms with Gasteiger partial charge in [0, 0.05) is 19.7 Å². The maximum atomic E-state index is 8.87. The summed E-state index contributed by atoms with van der Waals surface area (Å²) in [4.78, 5) is 0. The second-order valence-electron chi connectivity index (χ2n) is 3.89. The van der Waals surface area contributed by atoms with Crippen molar-refractivity contribution in [3.8, 4) is 5.75 Å². The van der Waals surface area contributed by atoms with Gasteiger partial charge in [-0.05, 0) is 23.6 Å². The number of aliphatic hydroxyl groups excluding tert-OH is 1. The van der Waals surface area contributed by atoms with Gasteiger partial charge in [0.25, 0.3) is 0 Å². The largest absolute Gasteiger partial charge is 0.495 e. The van der Waals surface area contributed by atoms with Gasteiger partial charge < -0.3 is 15.2 Å². The monoisotopic (exact) mass is 243 g/mol. The number of ether oxygens (including phenoxy) is 1. The van der Waals surface area contributed by atoms with E-state index in [1.807, 2.05) is 25.1 Å². The Balaban J connectivity index is 2.46. The van der Waals surface area contributed by atoms with Crippen LogP contribution in [0.2, 0.25) is 5.02 Å². The van der Waals surface area contributed by atoms with E-state index in [0.29, 0.717) is 10.8 Å². The highest BCUT2D eigenvalue weighted by Gasteiger charge is 2.02. The van der Waals surface area contributed by atoms with Gasteiger partial charge >= 0.3 is 0 Å². The first-order chi connectivity index (χ1) is 7.67. The number of methoxy groups -OCH3 is 1. The Morgan fingerprint density at radius 1 is 1.50 bits per heavy atom. The lowest BCUT2D eigenvalue weighted by Crippen LogP contribution is -2.22. The summed E-state index contributed by atoms with van der Waals surface area (Å²) in [5, 5.41) is 12.7. The molecule has 0 heterocycles. The SMILES string of the molecule is COc1ccc(CNCC(C)CO)cc1Cl. The van der Waals surface area contributed by atoms with Crippen LogP contribution in [0.5, 0.6) is 5.75 Å². The zero-order chi connectivity index (χ0) is 12.0. The molecule has 1 atom stereocenters. The lowest BCUT2D eigenvalue weighted by molar-refractivity contribution is 0.233. The molecule has 90 valence electrons. The molecule has 0 saturated heterocycles. The van der Waals surface area contributed by atoms with Crippen LogP contribution in [0.3, 0.4) is 0 Å².